The Hall–Kier alpha value is -2.45. The second kappa shape index (κ2) is 6.28. The number of carbonyl (C=O) groups is 5. The van der Waals surface area contributed by atoms with E-state index in [9.17, 15) is 24.0 Å². The highest BCUT2D eigenvalue weighted by atomic mass is 16.6. The van der Waals surface area contributed by atoms with Gasteiger partial charge in [0.05, 0.1) is 26.1 Å². The Kier molecular flexibility index (Phi) is 4.65. The summed E-state index contributed by atoms with van der Waals surface area (Å²) in [7, 11) is 2.20. The van der Waals surface area contributed by atoms with Crippen LogP contribution in [0.2, 0.25) is 0 Å². The van der Waals surface area contributed by atoms with Gasteiger partial charge in [0.2, 0.25) is 0 Å². The van der Waals surface area contributed by atoms with Crippen LogP contribution in [0.25, 0.3) is 0 Å². The Bertz CT molecular complexity index is 798. The third-order valence-electron chi connectivity index (χ3n) is 6.05. The second-order valence-corrected chi connectivity index (χ2v) is 10.1. The molecular weight excluding hydrogens is 396 g/mol. The van der Waals surface area contributed by atoms with Gasteiger partial charge in [-0.3, -0.25) is 24.0 Å². The lowest BCUT2D eigenvalue weighted by Gasteiger charge is -2.27. The van der Waals surface area contributed by atoms with Gasteiger partial charge in [0.25, 0.3) is 0 Å². The van der Waals surface area contributed by atoms with E-state index >= 15 is 0 Å². The molecule has 0 unspecified atom stereocenters. The van der Waals surface area contributed by atoms with Crippen molar-refractivity contribution < 1.29 is 42.9 Å². The van der Waals surface area contributed by atoms with Gasteiger partial charge < -0.3 is 18.9 Å². The SMILES string of the molecule is COC(=O)C1(C(=O)OC)[C@@H]2[C@@H]3[C@H](C(=O)[C@H]21)C3(C(=O)OC(C)(C)C)C(=O)OC(C)(C)C. The molecule has 0 heterocycles. The zero-order valence-corrected chi connectivity index (χ0v) is 18.5. The fraction of sp³-hybridized carbons (Fsp3) is 0.762. The lowest BCUT2D eigenvalue weighted by Crippen LogP contribution is -2.42. The molecule has 0 aromatic carbocycles. The zero-order chi connectivity index (χ0) is 23.0. The molecule has 9 nitrogen and oxygen atoms in total. The molecule has 0 aliphatic heterocycles. The van der Waals surface area contributed by atoms with E-state index in [1.54, 1.807) is 41.5 Å². The van der Waals surface area contributed by atoms with Crippen LogP contribution in [0, 0.1) is 34.5 Å². The Morgan fingerprint density at radius 2 is 0.967 bits per heavy atom. The van der Waals surface area contributed by atoms with Crippen LogP contribution >= 0.6 is 0 Å². The van der Waals surface area contributed by atoms with Crippen LogP contribution in [0.15, 0.2) is 0 Å². The number of hydrogen-bond donors (Lipinski definition) is 0. The molecule has 0 aromatic heterocycles. The summed E-state index contributed by atoms with van der Waals surface area (Å²) in [5.41, 5.74) is -5.57. The molecule has 3 aliphatic rings. The quantitative estimate of drug-likeness (QED) is 0.370. The van der Waals surface area contributed by atoms with Crippen molar-refractivity contribution in [2.75, 3.05) is 14.2 Å². The monoisotopic (exact) mass is 424 g/mol. The predicted molar refractivity (Wildman–Crippen MR) is 99.6 cm³/mol. The van der Waals surface area contributed by atoms with E-state index in [1.807, 2.05) is 0 Å². The number of rotatable bonds is 4. The topological polar surface area (TPSA) is 122 Å². The summed E-state index contributed by atoms with van der Waals surface area (Å²) in [6, 6.07) is 0. The van der Waals surface area contributed by atoms with Crippen LogP contribution in [0.1, 0.15) is 41.5 Å². The van der Waals surface area contributed by atoms with Gasteiger partial charge in [-0.1, -0.05) is 0 Å². The predicted octanol–water partition coefficient (Wildman–Crippen LogP) is 1.06. The van der Waals surface area contributed by atoms with Crippen LogP contribution in [0.3, 0.4) is 0 Å². The number of fused-ring (bicyclic) bond motifs is 3. The summed E-state index contributed by atoms with van der Waals surface area (Å²) in [5, 5.41) is 0. The fourth-order valence-electron chi connectivity index (χ4n) is 5.09. The van der Waals surface area contributed by atoms with Crippen LogP contribution < -0.4 is 0 Å². The van der Waals surface area contributed by atoms with E-state index in [0.717, 1.165) is 14.2 Å². The average molecular weight is 424 g/mol. The van der Waals surface area contributed by atoms with Gasteiger partial charge in [-0.25, -0.2) is 0 Å². The minimum Gasteiger partial charge on any atom is -0.468 e. The van der Waals surface area contributed by atoms with Gasteiger partial charge in [-0.2, -0.15) is 0 Å². The van der Waals surface area contributed by atoms with E-state index in [1.165, 1.54) is 0 Å². The summed E-state index contributed by atoms with van der Waals surface area (Å²) in [6.45, 7) is 9.84. The van der Waals surface area contributed by atoms with Crippen LogP contribution in [-0.4, -0.2) is 55.1 Å². The molecule has 0 radical (unpaired) electrons. The molecular formula is C21H28O9. The maximum atomic E-state index is 13.2. The first-order valence-electron chi connectivity index (χ1n) is 9.79. The molecule has 166 valence electrons. The van der Waals surface area contributed by atoms with Gasteiger partial charge in [0.1, 0.15) is 17.0 Å². The highest BCUT2D eigenvalue weighted by Crippen LogP contribution is 2.84. The first kappa shape index (κ1) is 22.2. The zero-order valence-electron chi connectivity index (χ0n) is 18.5. The highest BCUT2D eigenvalue weighted by molar-refractivity contribution is 6.20. The largest absolute Gasteiger partial charge is 0.468 e. The van der Waals surface area contributed by atoms with Crippen LogP contribution in [0.5, 0.6) is 0 Å². The molecule has 3 aliphatic carbocycles. The van der Waals surface area contributed by atoms with Crippen molar-refractivity contribution >= 4 is 29.7 Å². The van der Waals surface area contributed by atoms with Crippen molar-refractivity contribution in [3.05, 3.63) is 0 Å². The van der Waals surface area contributed by atoms with Crippen molar-refractivity contribution in [3.8, 4) is 0 Å². The summed E-state index contributed by atoms with van der Waals surface area (Å²) >= 11 is 0. The van der Waals surface area contributed by atoms with Crippen molar-refractivity contribution in [1.82, 2.24) is 0 Å². The number of methoxy groups -OCH3 is 2. The third-order valence-corrected chi connectivity index (χ3v) is 6.05. The van der Waals surface area contributed by atoms with Gasteiger partial charge in [0, 0.05) is 11.8 Å². The minimum absolute atomic E-state index is 0.516. The van der Waals surface area contributed by atoms with Crippen molar-refractivity contribution in [3.63, 3.8) is 0 Å². The molecule has 30 heavy (non-hydrogen) atoms. The standard InChI is InChI=1S/C21H28O9/c1-18(2,3)29-16(25)21(17(26)30-19(4,5)6)10-9-11(13(22)12(10)21)20(9,14(23)27-7)15(24)28-8/h9-12H,1-8H3/t9-,10-,11+,12-/m1/s1. The molecule has 0 saturated heterocycles. The molecule has 9 heteroatoms. The molecule has 0 amide bonds. The minimum atomic E-state index is -1.89. The highest BCUT2D eigenvalue weighted by Gasteiger charge is 2.98. The fourth-order valence-corrected chi connectivity index (χ4v) is 5.09. The summed E-state index contributed by atoms with van der Waals surface area (Å²) in [6.07, 6.45) is 0. The molecule has 3 rings (SSSR count). The Labute approximate surface area is 174 Å². The van der Waals surface area contributed by atoms with Crippen molar-refractivity contribution in [2.45, 2.75) is 52.7 Å². The van der Waals surface area contributed by atoms with Crippen molar-refractivity contribution in [2.24, 2.45) is 34.5 Å². The number of ketones is 1. The number of ether oxygens (including phenoxy) is 4. The number of Topliss-reactive ketones (excluding diaryl/α,β-unsaturated/α-hetero) is 1. The second-order valence-electron chi connectivity index (χ2n) is 10.1. The maximum Gasteiger partial charge on any atom is 0.325 e. The summed E-state index contributed by atoms with van der Waals surface area (Å²) < 4.78 is 20.5. The van der Waals surface area contributed by atoms with Crippen molar-refractivity contribution in [1.29, 1.82) is 0 Å². The van der Waals surface area contributed by atoms with Gasteiger partial charge >= 0.3 is 23.9 Å². The first-order chi connectivity index (χ1) is 13.6. The lowest BCUT2D eigenvalue weighted by atomic mass is 9.94. The van der Waals surface area contributed by atoms with E-state index in [4.69, 9.17) is 18.9 Å². The van der Waals surface area contributed by atoms with E-state index in [2.05, 4.69) is 0 Å². The Morgan fingerprint density at radius 1 is 0.667 bits per heavy atom. The number of carbonyl (C=O) groups excluding carboxylic acids is 5. The molecule has 0 N–H and O–H groups in total. The Balaban J connectivity index is 2.06. The molecule has 0 aromatic rings. The average Bonchev–Trinajstić information content (AvgIpc) is 3.43. The van der Waals surface area contributed by atoms with E-state index in [-0.39, 0.29) is 0 Å². The van der Waals surface area contributed by atoms with Gasteiger partial charge in [-0.05, 0) is 41.5 Å². The molecule has 4 atom stereocenters. The van der Waals surface area contributed by atoms with Gasteiger partial charge in [0.15, 0.2) is 10.8 Å². The summed E-state index contributed by atoms with van der Waals surface area (Å²) in [4.78, 5) is 64.6. The number of hydrogen-bond acceptors (Lipinski definition) is 9. The smallest absolute Gasteiger partial charge is 0.325 e. The third kappa shape index (κ3) is 2.70. The molecule has 3 saturated carbocycles. The normalized spacial score (nSPS) is 29.8. The lowest BCUT2D eigenvalue weighted by molar-refractivity contribution is -0.180. The molecule has 3 fully saturated rings. The van der Waals surface area contributed by atoms with E-state index in [0.29, 0.717) is 0 Å². The Morgan fingerprint density at radius 3 is 1.23 bits per heavy atom. The van der Waals surface area contributed by atoms with Crippen LogP contribution in [-0.2, 0) is 42.9 Å². The molecule has 0 bridgehead atoms. The summed E-state index contributed by atoms with van der Waals surface area (Å²) in [5.74, 6) is -7.87. The van der Waals surface area contributed by atoms with E-state index < -0.39 is 75.4 Å². The maximum absolute atomic E-state index is 13.2. The number of esters is 4. The first-order valence-corrected chi connectivity index (χ1v) is 9.79. The van der Waals surface area contributed by atoms with Crippen LogP contribution in [0.4, 0.5) is 0 Å². The van der Waals surface area contributed by atoms with Gasteiger partial charge in [-0.15, -0.1) is 0 Å². The molecule has 0 spiro atoms.